The number of piperazine rings is 1. The van der Waals surface area contributed by atoms with Crippen molar-refractivity contribution in [2.24, 2.45) is 0 Å². The van der Waals surface area contributed by atoms with Crippen LogP contribution in [0.4, 0.5) is 16.2 Å². The second kappa shape index (κ2) is 6.92. The number of nitrogens with one attached hydrogen (secondary N) is 1. The Kier molecular flexibility index (Phi) is 4.72. The molecule has 3 rings (SSSR count). The Bertz CT molecular complexity index is 679. The number of carbonyl (C=O) groups excluding carboxylic acids is 1. The van der Waals surface area contributed by atoms with Crippen molar-refractivity contribution in [1.29, 1.82) is 0 Å². The fourth-order valence-electron chi connectivity index (χ4n) is 2.70. The molecule has 0 atom stereocenters. The van der Waals surface area contributed by atoms with E-state index in [2.05, 4.69) is 10.2 Å². The van der Waals surface area contributed by atoms with Gasteiger partial charge in [-0.1, -0.05) is 41.4 Å². The Morgan fingerprint density at radius 3 is 2.30 bits per heavy atom. The van der Waals surface area contributed by atoms with Crippen molar-refractivity contribution in [1.82, 2.24) is 4.90 Å². The second-order valence-electron chi connectivity index (χ2n) is 5.72. The first-order valence-electron chi connectivity index (χ1n) is 7.75. The van der Waals surface area contributed by atoms with Crippen LogP contribution in [0.15, 0.2) is 48.5 Å². The summed E-state index contributed by atoms with van der Waals surface area (Å²) in [5, 5.41) is 3.70. The van der Waals surface area contributed by atoms with Crippen molar-refractivity contribution in [2.45, 2.75) is 6.92 Å². The highest BCUT2D eigenvalue weighted by atomic mass is 35.5. The number of para-hydroxylation sites is 1. The van der Waals surface area contributed by atoms with Gasteiger partial charge in [-0.3, -0.25) is 0 Å². The van der Waals surface area contributed by atoms with Gasteiger partial charge in [-0.15, -0.1) is 0 Å². The molecule has 0 unspecified atom stereocenters. The van der Waals surface area contributed by atoms with E-state index in [1.54, 1.807) is 0 Å². The van der Waals surface area contributed by atoms with E-state index in [9.17, 15) is 4.79 Å². The molecular formula is C18H20ClN3O. The van der Waals surface area contributed by atoms with E-state index in [0.29, 0.717) is 13.1 Å². The topological polar surface area (TPSA) is 35.6 Å². The van der Waals surface area contributed by atoms with Gasteiger partial charge < -0.3 is 15.1 Å². The molecular weight excluding hydrogens is 310 g/mol. The van der Waals surface area contributed by atoms with E-state index in [1.807, 2.05) is 60.4 Å². The summed E-state index contributed by atoms with van der Waals surface area (Å²) in [6, 6.07) is 15.6. The summed E-state index contributed by atoms with van der Waals surface area (Å²) in [5.41, 5.74) is 3.04. The molecule has 1 fully saturated rings. The number of urea groups is 1. The largest absolute Gasteiger partial charge is 0.367 e. The predicted octanol–water partition coefficient (Wildman–Crippen LogP) is 4.00. The van der Waals surface area contributed by atoms with Crippen LogP contribution in [-0.2, 0) is 0 Å². The van der Waals surface area contributed by atoms with Crippen molar-refractivity contribution < 1.29 is 4.79 Å². The monoisotopic (exact) mass is 329 g/mol. The highest BCUT2D eigenvalue weighted by Crippen LogP contribution is 2.26. The van der Waals surface area contributed by atoms with Crippen LogP contribution in [0.25, 0.3) is 0 Å². The first-order chi connectivity index (χ1) is 11.1. The van der Waals surface area contributed by atoms with Crippen LogP contribution in [0.3, 0.4) is 0 Å². The van der Waals surface area contributed by atoms with Gasteiger partial charge in [-0.2, -0.15) is 0 Å². The third-order valence-corrected chi connectivity index (χ3v) is 4.38. The lowest BCUT2D eigenvalue weighted by molar-refractivity contribution is 0.208. The number of carbonyl (C=O) groups is 1. The van der Waals surface area contributed by atoms with Crippen LogP contribution in [0.5, 0.6) is 0 Å². The van der Waals surface area contributed by atoms with Gasteiger partial charge in [0.2, 0.25) is 0 Å². The maximum atomic E-state index is 12.3. The maximum Gasteiger partial charge on any atom is 0.321 e. The molecule has 4 nitrogen and oxygen atoms in total. The zero-order valence-corrected chi connectivity index (χ0v) is 13.9. The molecule has 1 aliphatic heterocycles. The third kappa shape index (κ3) is 3.77. The maximum absolute atomic E-state index is 12.3. The van der Waals surface area contributed by atoms with Crippen molar-refractivity contribution in [3.05, 3.63) is 59.1 Å². The smallest absolute Gasteiger partial charge is 0.321 e. The van der Waals surface area contributed by atoms with Gasteiger partial charge in [0.05, 0.1) is 10.7 Å². The van der Waals surface area contributed by atoms with Crippen molar-refractivity contribution in [3.63, 3.8) is 0 Å². The average molecular weight is 330 g/mol. The molecule has 5 heteroatoms. The number of amides is 2. The van der Waals surface area contributed by atoms with Crippen LogP contribution < -0.4 is 10.2 Å². The van der Waals surface area contributed by atoms with Gasteiger partial charge in [0.1, 0.15) is 0 Å². The van der Waals surface area contributed by atoms with Gasteiger partial charge in [-0.05, 0) is 31.2 Å². The third-order valence-electron chi connectivity index (χ3n) is 4.06. The molecule has 2 aromatic carbocycles. The van der Waals surface area contributed by atoms with Crippen LogP contribution in [0.1, 0.15) is 5.56 Å². The molecule has 1 aliphatic rings. The molecule has 0 spiro atoms. The molecule has 120 valence electrons. The first kappa shape index (κ1) is 15.7. The summed E-state index contributed by atoms with van der Waals surface area (Å²) in [4.78, 5) is 16.4. The van der Waals surface area contributed by atoms with Gasteiger partial charge >= 0.3 is 6.03 Å². The number of benzene rings is 2. The second-order valence-corrected chi connectivity index (χ2v) is 6.13. The molecule has 0 aliphatic carbocycles. The molecule has 2 amide bonds. The van der Waals surface area contributed by atoms with Gasteiger partial charge in [-0.25, -0.2) is 4.79 Å². The van der Waals surface area contributed by atoms with Crippen LogP contribution >= 0.6 is 11.6 Å². The summed E-state index contributed by atoms with van der Waals surface area (Å²) in [6.45, 7) is 4.96. The van der Waals surface area contributed by atoms with Crippen LogP contribution in [0, 0.1) is 6.92 Å². The summed E-state index contributed by atoms with van der Waals surface area (Å²) in [7, 11) is 0. The lowest BCUT2D eigenvalue weighted by Gasteiger charge is -2.36. The Labute approximate surface area is 141 Å². The van der Waals surface area contributed by atoms with E-state index < -0.39 is 0 Å². The van der Waals surface area contributed by atoms with Crippen LogP contribution in [0.2, 0.25) is 5.02 Å². The molecule has 1 heterocycles. The highest BCUT2D eigenvalue weighted by molar-refractivity contribution is 6.33. The first-order valence-corrected chi connectivity index (χ1v) is 8.13. The van der Waals surface area contributed by atoms with E-state index >= 15 is 0 Å². The van der Waals surface area contributed by atoms with Gasteiger partial charge in [0, 0.05) is 31.9 Å². The lowest BCUT2D eigenvalue weighted by Crippen LogP contribution is -2.50. The summed E-state index contributed by atoms with van der Waals surface area (Å²) >= 11 is 6.24. The number of anilines is 2. The molecule has 2 aromatic rings. The number of aryl methyl sites for hydroxylation is 1. The van der Waals surface area contributed by atoms with E-state index in [4.69, 9.17) is 11.6 Å². The van der Waals surface area contributed by atoms with Crippen LogP contribution in [-0.4, -0.2) is 37.1 Å². The Morgan fingerprint density at radius 2 is 1.65 bits per heavy atom. The fraction of sp³-hybridized carbons (Fsp3) is 0.278. The van der Waals surface area contributed by atoms with Crippen molar-refractivity contribution in [3.8, 4) is 0 Å². The van der Waals surface area contributed by atoms with Gasteiger partial charge in [0.25, 0.3) is 0 Å². The quantitative estimate of drug-likeness (QED) is 0.903. The SMILES string of the molecule is Cc1ccc(NC(=O)N2CCN(c3ccccc3Cl)CC2)cc1. The molecule has 23 heavy (non-hydrogen) atoms. The van der Waals surface area contributed by atoms with Gasteiger partial charge in [0.15, 0.2) is 0 Å². The number of hydrogen-bond donors (Lipinski definition) is 1. The van der Waals surface area contributed by atoms with Crippen molar-refractivity contribution in [2.75, 3.05) is 36.4 Å². The Morgan fingerprint density at radius 1 is 1.00 bits per heavy atom. The van der Waals surface area contributed by atoms with Crippen molar-refractivity contribution >= 4 is 29.0 Å². The number of nitrogens with zero attached hydrogens (tertiary/aromatic N) is 2. The zero-order chi connectivity index (χ0) is 16.2. The molecule has 0 saturated carbocycles. The molecule has 1 N–H and O–H groups in total. The molecule has 0 radical (unpaired) electrons. The minimum absolute atomic E-state index is 0.0485. The van der Waals surface area contributed by atoms with E-state index in [1.165, 1.54) is 5.56 Å². The number of rotatable bonds is 2. The number of halogens is 1. The molecule has 0 aromatic heterocycles. The van der Waals surface area contributed by atoms with E-state index in [-0.39, 0.29) is 6.03 Å². The standard InChI is InChI=1S/C18H20ClN3O/c1-14-6-8-15(9-7-14)20-18(23)22-12-10-21(11-13-22)17-5-3-2-4-16(17)19/h2-9H,10-13H2,1H3,(H,20,23). The zero-order valence-electron chi connectivity index (χ0n) is 13.1. The highest BCUT2D eigenvalue weighted by Gasteiger charge is 2.22. The molecule has 0 bridgehead atoms. The summed E-state index contributed by atoms with van der Waals surface area (Å²) in [6.07, 6.45) is 0. The minimum atomic E-state index is -0.0485. The Balaban J connectivity index is 1.57. The molecule has 1 saturated heterocycles. The number of hydrogen-bond acceptors (Lipinski definition) is 2. The normalized spacial score (nSPS) is 14.7. The fourth-order valence-corrected chi connectivity index (χ4v) is 2.95. The van der Waals surface area contributed by atoms with E-state index in [0.717, 1.165) is 29.5 Å². The minimum Gasteiger partial charge on any atom is -0.367 e. The summed E-state index contributed by atoms with van der Waals surface area (Å²) < 4.78 is 0. The lowest BCUT2D eigenvalue weighted by atomic mass is 10.2. The average Bonchev–Trinajstić information content (AvgIpc) is 2.57. The predicted molar refractivity (Wildman–Crippen MR) is 95.4 cm³/mol. The summed E-state index contributed by atoms with van der Waals surface area (Å²) in [5.74, 6) is 0. The Hall–Kier alpha value is -2.20.